The van der Waals surface area contributed by atoms with E-state index in [0.717, 1.165) is 5.69 Å². The van der Waals surface area contributed by atoms with Gasteiger partial charge in [-0.1, -0.05) is 12.1 Å². The molecule has 2 nitrogen and oxygen atoms in total. The molecule has 2 rings (SSSR count). The number of aromatic nitrogens is 1. The van der Waals surface area contributed by atoms with E-state index in [9.17, 15) is 9.50 Å². The predicted octanol–water partition coefficient (Wildman–Crippen LogP) is 2.90. The van der Waals surface area contributed by atoms with Crippen LogP contribution in [-0.2, 0) is 0 Å². The molecule has 76 valence electrons. The summed E-state index contributed by atoms with van der Waals surface area (Å²) in [6.45, 7) is 1.78. The van der Waals surface area contributed by atoms with E-state index in [0.29, 0.717) is 5.56 Å². The minimum Gasteiger partial charge on any atom is -0.507 e. The zero-order chi connectivity index (χ0) is 10.8. The van der Waals surface area contributed by atoms with Crippen LogP contribution in [0.3, 0.4) is 0 Å². The summed E-state index contributed by atoms with van der Waals surface area (Å²) in [5.41, 5.74) is 1.32. The van der Waals surface area contributed by atoms with Crippen LogP contribution >= 0.6 is 0 Å². The second kappa shape index (κ2) is 3.69. The summed E-state index contributed by atoms with van der Waals surface area (Å²) >= 11 is 0. The van der Waals surface area contributed by atoms with E-state index >= 15 is 0 Å². The fourth-order valence-corrected chi connectivity index (χ4v) is 1.40. The van der Waals surface area contributed by atoms with Crippen molar-refractivity contribution in [2.24, 2.45) is 0 Å². The molecule has 1 aromatic carbocycles. The Kier molecular flexibility index (Phi) is 2.37. The third kappa shape index (κ3) is 1.81. The van der Waals surface area contributed by atoms with Crippen molar-refractivity contribution >= 4 is 0 Å². The van der Waals surface area contributed by atoms with E-state index in [1.165, 1.54) is 12.1 Å². The van der Waals surface area contributed by atoms with Crippen LogP contribution in [-0.4, -0.2) is 10.1 Å². The fourth-order valence-electron chi connectivity index (χ4n) is 1.40. The van der Waals surface area contributed by atoms with Gasteiger partial charge in [0.25, 0.3) is 0 Å². The van der Waals surface area contributed by atoms with Crippen LogP contribution in [0, 0.1) is 12.7 Å². The molecular formula is C12H10FNO. The van der Waals surface area contributed by atoms with Gasteiger partial charge in [-0.15, -0.1) is 0 Å². The van der Waals surface area contributed by atoms with Gasteiger partial charge >= 0.3 is 0 Å². The molecule has 15 heavy (non-hydrogen) atoms. The minimum absolute atomic E-state index is 0.0366. The van der Waals surface area contributed by atoms with Gasteiger partial charge < -0.3 is 5.11 Å². The molecule has 1 heterocycles. The number of phenols is 1. The number of rotatable bonds is 1. The van der Waals surface area contributed by atoms with E-state index in [2.05, 4.69) is 4.98 Å². The van der Waals surface area contributed by atoms with Gasteiger partial charge in [-0.3, -0.25) is 0 Å². The van der Waals surface area contributed by atoms with Crippen molar-refractivity contribution in [1.29, 1.82) is 0 Å². The molecule has 0 radical (unpaired) electrons. The van der Waals surface area contributed by atoms with E-state index in [1.54, 1.807) is 31.2 Å². The molecule has 0 unspecified atom stereocenters. The quantitative estimate of drug-likeness (QED) is 0.773. The number of pyridine rings is 1. The first-order valence-electron chi connectivity index (χ1n) is 4.60. The van der Waals surface area contributed by atoms with Gasteiger partial charge in [-0.2, -0.15) is 0 Å². The molecule has 0 saturated heterocycles. The normalized spacial score (nSPS) is 10.3. The lowest BCUT2D eigenvalue weighted by Crippen LogP contribution is -1.91. The molecular weight excluding hydrogens is 193 g/mol. The van der Waals surface area contributed by atoms with Gasteiger partial charge in [0.05, 0.1) is 0 Å². The van der Waals surface area contributed by atoms with Crippen molar-refractivity contribution in [3.8, 4) is 17.0 Å². The van der Waals surface area contributed by atoms with Crippen molar-refractivity contribution in [2.45, 2.75) is 6.92 Å². The summed E-state index contributed by atoms with van der Waals surface area (Å²) in [5, 5.41) is 9.57. The summed E-state index contributed by atoms with van der Waals surface area (Å²) in [7, 11) is 0. The standard InChI is InChI=1S/C12H10FNO/c1-8-6-7-10(13)12(14-8)9-4-2-3-5-11(9)15/h2-7,15H,1H3. The zero-order valence-electron chi connectivity index (χ0n) is 8.24. The summed E-state index contributed by atoms with van der Waals surface area (Å²) < 4.78 is 13.5. The first-order valence-corrected chi connectivity index (χ1v) is 4.60. The largest absolute Gasteiger partial charge is 0.507 e. The lowest BCUT2D eigenvalue weighted by Gasteiger charge is -2.05. The van der Waals surface area contributed by atoms with Crippen LogP contribution < -0.4 is 0 Å². The molecule has 3 heteroatoms. The summed E-state index contributed by atoms with van der Waals surface area (Å²) in [6.07, 6.45) is 0. The van der Waals surface area contributed by atoms with E-state index < -0.39 is 5.82 Å². The number of phenolic OH excluding ortho intramolecular Hbond substituents is 1. The first-order chi connectivity index (χ1) is 7.18. The first kappa shape index (κ1) is 9.65. The number of benzene rings is 1. The van der Waals surface area contributed by atoms with Gasteiger partial charge in [-0.05, 0) is 31.2 Å². The third-order valence-electron chi connectivity index (χ3n) is 2.14. The predicted molar refractivity (Wildman–Crippen MR) is 56.0 cm³/mol. The monoisotopic (exact) mass is 203 g/mol. The van der Waals surface area contributed by atoms with Crippen LogP contribution in [0.5, 0.6) is 5.75 Å². The smallest absolute Gasteiger partial charge is 0.149 e. The van der Waals surface area contributed by atoms with Crippen molar-refractivity contribution < 1.29 is 9.50 Å². The maximum atomic E-state index is 13.5. The Balaban J connectivity index is 2.64. The highest BCUT2D eigenvalue weighted by atomic mass is 19.1. The molecule has 0 aliphatic carbocycles. The second-order valence-electron chi connectivity index (χ2n) is 3.30. The number of halogens is 1. The molecule has 0 aliphatic rings. The molecule has 2 aromatic rings. The SMILES string of the molecule is Cc1ccc(F)c(-c2ccccc2O)n1. The minimum atomic E-state index is -0.429. The number of aromatic hydroxyl groups is 1. The lowest BCUT2D eigenvalue weighted by atomic mass is 10.1. The van der Waals surface area contributed by atoms with E-state index in [1.807, 2.05) is 0 Å². The molecule has 0 atom stereocenters. The maximum absolute atomic E-state index is 13.5. The van der Waals surface area contributed by atoms with Gasteiger partial charge in [0.15, 0.2) is 0 Å². The number of para-hydroxylation sites is 1. The van der Waals surface area contributed by atoms with E-state index in [4.69, 9.17) is 0 Å². The highest BCUT2D eigenvalue weighted by Crippen LogP contribution is 2.28. The molecule has 1 N–H and O–H groups in total. The van der Waals surface area contributed by atoms with Crippen molar-refractivity contribution in [3.63, 3.8) is 0 Å². The Morgan fingerprint density at radius 1 is 1.13 bits per heavy atom. The van der Waals surface area contributed by atoms with Gasteiger partial charge in [0.2, 0.25) is 0 Å². The van der Waals surface area contributed by atoms with Crippen molar-refractivity contribution in [2.75, 3.05) is 0 Å². The van der Waals surface area contributed by atoms with Crippen LogP contribution in [0.1, 0.15) is 5.69 Å². The Hall–Kier alpha value is -1.90. The van der Waals surface area contributed by atoms with Gasteiger partial charge in [0.1, 0.15) is 17.3 Å². The Morgan fingerprint density at radius 3 is 2.60 bits per heavy atom. The zero-order valence-corrected chi connectivity index (χ0v) is 8.24. The van der Waals surface area contributed by atoms with E-state index in [-0.39, 0.29) is 11.4 Å². The fraction of sp³-hybridized carbons (Fsp3) is 0.0833. The van der Waals surface area contributed by atoms with Crippen molar-refractivity contribution in [3.05, 3.63) is 47.9 Å². The topological polar surface area (TPSA) is 33.1 Å². The molecule has 0 amide bonds. The third-order valence-corrected chi connectivity index (χ3v) is 2.14. The molecule has 0 bridgehead atoms. The lowest BCUT2D eigenvalue weighted by molar-refractivity contribution is 0.476. The highest BCUT2D eigenvalue weighted by molar-refractivity contribution is 5.67. The Morgan fingerprint density at radius 2 is 1.87 bits per heavy atom. The average Bonchev–Trinajstić information content (AvgIpc) is 2.23. The van der Waals surface area contributed by atoms with Crippen LogP contribution in [0.4, 0.5) is 4.39 Å². The Labute approximate surface area is 87.0 Å². The molecule has 0 aliphatic heterocycles. The van der Waals surface area contributed by atoms with Crippen molar-refractivity contribution in [1.82, 2.24) is 4.98 Å². The average molecular weight is 203 g/mol. The Bertz CT molecular complexity index is 497. The highest BCUT2D eigenvalue weighted by Gasteiger charge is 2.10. The number of hydrogen-bond acceptors (Lipinski definition) is 2. The summed E-state index contributed by atoms with van der Waals surface area (Å²) in [6, 6.07) is 9.52. The maximum Gasteiger partial charge on any atom is 0.149 e. The summed E-state index contributed by atoms with van der Waals surface area (Å²) in [4.78, 5) is 4.07. The number of hydrogen-bond donors (Lipinski definition) is 1. The van der Waals surface area contributed by atoms with Crippen LogP contribution in [0.2, 0.25) is 0 Å². The molecule has 0 spiro atoms. The van der Waals surface area contributed by atoms with Gasteiger partial charge in [-0.25, -0.2) is 9.37 Å². The summed E-state index contributed by atoms with van der Waals surface area (Å²) in [5.74, 6) is -0.392. The van der Waals surface area contributed by atoms with Crippen LogP contribution in [0.25, 0.3) is 11.3 Å². The number of nitrogens with zero attached hydrogens (tertiary/aromatic N) is 1. The molecule has 1 aromatic heterocycles. The second-order valence-corrected chi connectivity index (χ2v) is 3.30. The number of aryl methyl sites for hydroxylation is 1. The van der Waals surface area contributed by atoms with Gasteiger partial charge in [0, 0.05) is 11.3 Å². The van der Waals surface area contributed by atoms with Crippen LogP contribution in [0.15, 0.2) is 36.4 Å². The molecule has 0 saturated carbocycles. The molecule has 0 fully saturated rings.